The van der Waals surface area contributed by atoms with Gasteiger partial charge in [0.1, 0.15) is 17.3 Å². The molecule has 5 rings (SSSR count). The number of halogens is 1. The first-order chi connectivity index (χ1) is 15.5. The third-order valence-electron chi connectivity index (χ3n) is 5.83. The number of hydrogen-bond acceptors (Lipinski definition) is 3. The van der Waals surface area contributed by atoms with Gasteiger partial charge in [0.15, 0.2) is 5.58 Å². The number of aromatic nitrogens is 1. The van der Waals surface area contributed by atoms with E-state index >= 15 is 0 Å². The quantitative estimate of drug-likeness (QED) is 0.437. The Labute approximate surface area is 186 Å². The fraction of sp³-hybridized carbons (Fsp3) is 0.269. The van der Waals surface area contributed by atoms with E-state index in [9.17, 15) is 9.18 Å². The van der Waals surface area contributed by atoms with Crippen molar-refractivity contribution < 1.29 is 18.3 Å². The maximum absolute atomic E-state index is 13.5. The number of fused-ring (bicyclic) bond motifs is 1. The van der Waals surface area contributed by atoms with Gasteiger partial charge in [-0.1, -0.05) is 30.3 Å². The lowest BCUT2D eigenvalue weighted by atomic mass is 10.1. The second kappa shape index (κ2) is 8.28. The van der Waals surface area contributed by atoms with Gasteiger partial charge >= 0.3 is 0 Å². The van der Waals surface area contributed by atoms with Gasteiger partial charge in [-0.3, -0.25) is 4.79 Å². The van der Waals surface area contributed by atoms with E-state index in [0.717, 1.165) is 16.6 Å². The van der Waals surface area contributed by atoms with E-state index < -0.39 is 0 Å². The van der Waals surface area contributed by atoms with Gasteiger partial charge in [-0.25, -0.2) is 4.39 Å². The van der Waals surface area contributed by atoms with E-state index in [1.165, 1.54) is 12.1 Å². The number of carbonyl (C=O) groups is 1. The molecule has 2 unspecified atom stereocenters. The third-order valence-corrected chi connectivity index (χ3v) is 5.83. The highest BCUT2D eigenvalue weighted by molar-refractivity contribution is 5.98. The van der Waals surface area contributed by atoms with Gasteiger partial charge in [-0.2, -0.15) is 0 Å². The lowest BCUT2D eigenvalue weighted by Gasteiger charge is -2.35. The predicted octanol–water partition coefficient (Wildman–Crippen LogP) is 5.34. The van der Waals surface area contributed by atoms with Crippen LogP contribution in [0.3, 0.4) is 0 Å². The highest BCUT2D eigenvalue weighted by Gasteiger charge is 2.29. The number of ether oxygens (including phenoxy) is 1. The van der Waals surface area contributed by atoms with Crippen LogP contribution in [0.2, 0.25) is 0 Å². The standard InChI is InChI=1S/C26H25FN2O3/c1-17-14-28(15-18(2)31-17)26(30)23-13-25-22(29(23)16-19-6-4-3-5-7-19)12-24(32-25)20-8-10-21(27)11-9-20/h3-13,17-18H,14-16H2,1-2H3. The highest BCUT2D eigenvalue weighted by atomic mass is 19.1. The Morgan fingerprint density at radius 1 is 1.00 bits per heavy atom. The Morgan fingerprint density at radius 2 is 1.69 bits per heavy atom. The summed E-state index contributed by atoms with van der Waals surface area (Å²) in [6.45, 7) is 5.63. The first-order valence-electron chi connectivity index (χ1n) is 10.9. The van der Waals surface area contributed by atoms with Crippen molar-refractivity contribution >= 4 is 17.0 Å². The Hall–Kier alpha value is -3.38. The van der Waals surface area contributed by atoms with Crippen LogP contribution in [-0.4, -0.2) is 40.7 Å². The molecule has 2 aromatic heterocycles. The molecule has 0 bridgehead atoms. The van der Waals surface area contributed by atoms with Crippen LogP contribution in [0.4, 0.5) is 4.39 Å². The van der Waals surface area contributed by atoms with Gasteiger partial charge in [0.05, 0.1) is 17.7 Å². The molecule has 1 aliphatic rings. The summed E-state index contributed by atoms with van der Waals surface area (Å²) in [4.78, 5) is 15.4. The molecule has 0 spiro atoms. The van der Waals surface area contributed by atoms with Crippen molar-refractivity contribution in [3.63, 3.8) is 0 Å². The SMILES string of the molecule is CC1CN(C(=O)c2cc3oc(-c4ccc(F)cc4)cc3n2Cc2ccccc2)CC(C)O1. The van der Waals surface area contributed by atoms with Crippen LogP contribution in [0.15, 0.2) is 71.1 Å². The highest BCUT2D eigenvalue weighted by Crippen LogP contribution is 2.32. The molecule has 4 aromatic rings. The van der Waals surface area contributed by atoms with E-state index in [0.29, 0.717) is 36.7 Å². The van der Waals surface area contributed by atoms with Crippen molar-refractivity contribution in [1.82, 2.24) is 9.47 Å². The van der Waals surface area contributed by atoms with E-state index in [1.54, 1.807) is 12.1 Å². The molecular formula is C26H25FN2O3. The number of amides is 1. The summed E-state index contributed by atoms with van der Waals surface area (Å²) >= 11 is 0. The zero-order chi connectivity index (χ0) is 22.2. The largest absolute Gasteiger partial charge is 0.454 e. The number of morpholine rings is 1. The van der Waals surface area contributed by atoms with Gasteiger partial charge < -0.3 is 18.6 Å². The fourth-order valence-corrected chi connectivity index (χ4v) is 4.42. The van der Waals surface area contributed by atoms with E-state index in [4.69, 9.17) is 9.15 Å². The topological polar surface area (TPSA) is 47.6 Å². The minimum atomic E-state index is -0.291. The molecule has 1 amide bonds. The maximum Gasteiger partial charge on any atom is 0.270 e. The van der Waals surface area contributed by atoms with Crippen molar-refractivity contribution in [3.8, 4) is 11.3 Å². The summed E-state index contributed by atoms with van der Waals surface area (Å²) < 4.78 is 27.2. The fourth-order valence-electron chi connectivity index (χ4n) is 4.42. The summed E-state index contributed by atoms with van der Waals surface area (Å²) in [5.41, 5.74) is 3.95. The van der Waals surface area contributed by atoms with Crippen molar-refractivity contribution in [1.29, 1.82) is 0 Å². The van der Waals surface area contributed by atoms with E-state index in [-0.39, 0.29) is 23.9 Å². The lowest BCUT2D eigenvalue weighted by molar-refractivity contribution is -0.0588. The molecule has 1 saturated heterocycles. The molecule has 3 heterocycles. The molecule has 1 aliphatic heterocycles. The van der Waals surface area contributed by atoms with Gasteiger partial charge in [-0.05, 0) is 43.7 Å². The van der Waals surface area contributed by atoms with Crippen LogP contribution in [0.1, 0.15) is 29.9 Å². The second-order valence-electron chi connectivity index (χ2n) is 8.44. The zero-order valence-electron chi connectivity index (χ0n) is 18.1. The summed E-state index contributed by atoms with van der Waals surface area (Å²) in [5.74, 6) is 0.322. The summed E-state index contributed by atoms with van der Waals surface area (Å²) in [6.07, 6.45) is -0.0124. The second-order valence-corrected chi connectivity index (χ2v) is 8.44. The normalized spacial score (nSPS) is 18.9. The molecule has 6 heteroatoms. The molecule has 1 fully saturated rings. The molecule has 0 N–H and O–H groups in total. The Balaban J connectivity index is 1.57. The number of furan rings is 1. The van der Waals surface area contributed by atoms with Crippen molar-refractivity contribution in [2.45, 2.75) is 32.6 Å². The average molecular weight is 432 g/mol. The number of hydrogen-bond donors (Lipinski definition) is 0. The van der Waals surface area contributed by atoms with Crippen molar-refractivity contribution in [3.05, 3.63) is 83.8 Å². The number of benzene rings is 2. The van der Waals surface area contributed by atoms with Gasteiger partial charge in [-0.15, -0.1) is 0 Å². The van der Waals surface area contributed by atoms with E-state index in [2.05, 4.69) is 0 Å². The molecule has 2 atom stereocenters. The monoisotopic (exact) mass is 432 g/mol. The van der Waals surface area contributed by atoms with Crippen molar-refractivity contribution in [2.75, 3.05) is 13.1 Å². The molecule has 5 nitrogen and oxygen atoms in total. The molecule has 32 heavy (non-hydrogen) atoms. The van der Waals surface area contributed by atoms with E-state index in [1.807, 2.05) is 65.8 Å². The van der Waals surface area contributed by atoms with Crippen LogP contribution in [0.5, 0.6) is 0 Å². The van der Waals surface area contributed by atoms with Gasteiger partial charge in [0.2, 0.25) is 0 Å². The molecule has 0 radical (unpaired) electrons. The zero-order valence-corrected chi connectivity index (χ0v) is 18.1. The molecule has 2 aromatic carbocycles. The van der Waals surface area contributed by atoms with Crippen LogP contribution in [-0.2, 0) is 11.3 Å². The first-order valence-corrected chi connectivity index (χ1v) is 10.9. The Kier molecular flexibility index (Phi) is 5.31. The summed E-state index contributed by atoms with van der Waals surface area (Å²) in [7, 11) is 0. The average Bonchev–Trinajstić information content (AvgIpc) is 3.33. The lowest BCUT2D eigenvalue weighted by Crippen LogP contribution is -2.48. The summed E-state index contributed by atoms with van der Waals surface area (Å²) in [5, 5.41) is 0. The van der Waals surface area contributed by atoms with Gasteiger partial charge in [0, 0.05) is 37.3 Å². The van der Waals surface area contributed by atoms with Crippen LogP contribution in [0.25, 0.3) is 22.4 Å². The minimum absolute atomic E-state index is 0.00620. The minimum Gasteiger partial charge on any atom is -0.454 e. The van der Waals surface area contributed by atoms with Crippen molar-refractivity contribution in [2.24, 2.45) is 0 Å². The molecule has 0 aliphatic carbocycles. The first kappa shape index (κ1) is 20.5. The molecule has 164 valence electrons. The number of nitrogens with zero attached hydrogens (tertiary/aromatic N) is 2. The number of rotatable bonds is 4. The smallest absolute Gasteiger partial charge is 0.270 e. The predicted molar refractivity (Wildman–Crippen MR) is 121 cm³/mol. The van der Waals surface area contributed by atoms with Crippen LogP contribution >= 0.6 is 0 Å². The van der Waals surface area contributed by atoms with Gasteiger partial charge in [0.25, 0.3) is 5.91 Å². The molecular weight excluding hydrogens is 407 g/mol. The molecule has 0 saturated carbocycles. The number of carbonyl (C=O) groups excluding carboxylic acids is 1. The summed E-state index contributed by atoms with van der Waals surface area (Å²) in [6, 6.07) is 20.0. The maximum atomic E-state index is 13.5. The van der Waals surface area contributed by atoms with Crippen LogP contribution < -0.4 is 0 Å². The Bertz CT molecular complexity index is 1230. The third kappa shape index (κ3) is 3.94. The van der Waals surface area contributed by atoms with Crippen LogP contribution in [0, 0.1) is 5.82 Å². The Morgan fingerprint density at radius 3 is 2.38 bits per heavy atom.